The highest BCUT2D eigenvalue weighted by Gasteiger charge is 2.14. The summed E-state index contributed by atoms with van der Waals surface area (Å²) in [6, 6.07) is 14.9. The maximum absolute atomic E-state index is 12.2. The second kappa shape index (κ2) is 8.13. The van der Waals surface area contributed by atoms with Crippen LogP contribution < -0.4 is 10.1 Å². The first-order valence-corrected chi connectivity index (χ1v) is 9.79. The van der Waals surface area contributed by atoms with Gasteiger partial charge in [-0.25, -0.2) is 9.78 Å². The number of carbonyl (C=O) groups is 1. The maximum atomic E-state index is 12.2. The third kappa shape index (κ3) is 4.43. The van der Waals surface area contributed by atoms with Crippen molar-refractivity contribution in [3.05, 3.63) is 74.7 Å². The number of benzene rings is 3. The Morgan fingerprint density at radius 2 is 1.62 bits per heavy atom. The summed E-state index contributed by atoms with van der Waals surface area (Å²) < 4.78 is 5.33. The van der Waals surface area contributed by atoms with Gasteiger partial charge in [-0.2, -0.15) is 0 Å². The van der Waals surface area contributed by atoms with Crippen LogP contribution in [0, 0.1) is 0 Å². The molecule has 0 spiro atoms. The number of nitrogens with one attached hydrogen (secondary N) is 2. The molecule has 1 amide bonds. The van der Waals surface area contributed by atoms with Gasteiger partial charge in [-0.05, 0) is 42.5 Å². The normalized spacial score (nSPS) is 10.9. The van der Waals surface area contributed by atoms with E-state index >= 15 is 0 Å². The molecule has 0 saturated heterocycles. The number of rotatable bonds is 3. The SMILES string of the molecule is O=C(Nc1cc(Cl)cc(Cl)c1)Oc1ccc2nc(-c3c(Cl)cccc3Cl)[nH]c2c1. The zero-order valence-electron chi connectivity index (χ0n) is 14.5. The lowest BCUT2D eigenvalue weighted by Gasteiger charge is -2.07. The van der Waals surface area contributed by atoms with E-state index in [0.29, 0.717) is 53.9 Å². The third-order valence-electron chi connectivity index (χ3n) is 3.97. The fourth-order valence-corrected chi connectivity index (χ4v) is 3.87. The average Bonchev–Trinajstić information content (AvgIpc) is 3.03. The van der Waals surface area contributed by atoms with Crippen molar-refractivity contribution in [2.75, 3.05) is 5.32 Å². The lowest BCUT2D eigenvalue weighted by Crippen LogP contribution is -2.16. The molecule has 2 N–H and O–H groups in total. The van der Waals surface area contributed by atoms with Crippen molar-refractivity contribution in [3.63, 3.8) is 0 Å². The molecule has 0 radical (unpaired) electrons. The topological polar surface area (TPSA) is 67.0 Å². The lowest BCUT2D eigenvalue weighted by molar-refractivity contribution is 0.215. The highest BCUT2D eigenvalue weighted by atomic mass is 35.5. The monoisotopic (exact) mass is 465 g/mol. The van der Waals surface area contributed by atoms with Gasteiger partial charge < -0.3 is 9.72 Å². The predicted octanol–water partition coefficient (Wildman–Crippen LogP) is 7.45. The smallest absolute Gasteiger partial charge is 0.410 e. The molecule has 0 saturated carbocycles. The van der Waals surface area contributed by atoms with Gasteiger partial charge in [-0.1, -0.05) is 52.5 Å². The summed E-state index contributed by atoms with van der Waals surface area (Å²) in [5.41, 5.74) is 2.35. The fourth-order valence-electron chi connectivity index (χ4n) is 2.77. The summed E-state index contributed by atoms with van der Waals surface area (Å²) in [5, 5.41) is 4.33. The summed E-state index contributed by atoms with van der Waals surface area (Å²) >= 11 is 24.4. The van der Waals surface area contributed by atoms with Crippen LogP contribution in [0.15, 0.2) is 54.6 Å². The zero-order valence-corrected chi connectivity index (χ0v) is 17.5. The Morgan fingerprint density at radius 1 is 0.931 bits per heavy atom. The number of halogens is 4. The number of imidazole rings is 1. The number of hydrogen-bond acceptors (Lipinski definition) is 3. The van der Waals surface area contributed by atoms with Gasteiger partial charge >= 0.3 is 6.09 Å². The molecule has 1 aromatic heterocycles. The molecule has 0 aliphatic heterocycles. The Hall–Kier alpha value is -2.44. The van der Waals surface area contributed by atoms with Crippen LogP contribution in [0.3, 0.4) is 0 Å². The Kier molecular flexibility index (Phi) is 5.56. The van der Waals surface area contributed by atoms with Crippen LogP contribution >= 0.6 is 46.4 Å². The highest BCUT2D eigenvalue weighted by Crippen LogP contribution is 2.34. The number of nitrogens with zero attached hydrogens (tertiary/aromatic N) is 1. The standard InChI is InChI=1S/C20H11Cl4N3O2/c21-10-6-11(22)8-12(7-10)25-20(28)29-13-4-5-16-17(9-13)27-19(26-16)18-14(23)2-1-3-15(18)24/h1-9H,(H,25,28)(H,26,27). The molecule has 0 atom stereocenters. The van der Waals surface area contributed by atoms with Crippen molar-refractivity contribution < 1.29 is 9.53 Å². The van der Waals surface area contributed by atoms with E-state index < -0.39 is 6.09 Å². The zero-order chi connectivity index (χ0) is 20.5. The molecule has 0 bridgehead atoms. The van der Waals surface area contributed by atoms with Crippen molar-refractivity contribution in [3.8, 4) is 17.1 Å². The summed E-state index contributed by atoms with van der Waals surface area (Å²) in [6.45, 7) is 0. The number of ether oxygens (including phenoxy) is 1. The minimum atomic E-state index is -0.684. The summed E-state index contributed by atoms with van der Waals surface area (Å²) in [6.07, 6.45) is -0.684. The largest absolute Gasteiger partial charge is 0.417 e. The van der Waals surface area contributed by atoms with Crippen molar-refractivity contribution in [2.45, 2.75) is 0 Å². The number of aromatic nitrogens is 2. The van der Waals surface area contributed by atoms with Crippen LogP contribution in [0.5, 0.6) is 5.75 Å². The molecule has 9 heteroatoms. The number of fused-ring (bicyclic) bond motifs is 1. The third-order valence-corrected chi connectivity index (χ3v) is 5.04. The van der Waals surface area contributed by atoms with Gasteiger partial charge in [-0.3, -0.25) is 5.32 Å². The summed E-state index contributed by atoms with van der Waals surface area (Å²) in [7, 11) is 0. The first kappa shape index (κ1) is 19.9. The van der Waals surface area contributed by atoms with E-state index in [1.54, 1.807) is 54.6 Å². The molecule has 0 aliphatic rings. The Balaban J connectivity index is 1.57. The summed E-state index contributed by atoms with van der Waals surface area (Å²) in [4.78, 5) is 19.8. The molecule has 0 aliphatic carbocycles. The van der Waals surface area contributed by atoms with Crippen molar-refractivity contribution in [2.24, 2.45) is 0 Å². The molecule has 0 fully saturated rings. The lowest BCUT2D eigenvalue weighted by atomic mass is 10.2. The van der Waals surface area contributed by atoms with Crippen molar-refractivity contribution in [1.82, 2.24) is 9.97 Å². The van der Waals surface area contributed by atoms with Crippen LogP contribution in [0.2, 0.25) is 20.1 Å². The first-order chi connectivity index (χ1) is 13.9. The van der Waals surface area contributed by atoms with Gasteiger partial charge in [0.25, 0.3) is 0 Å². The molecule has 1 heterocycles. The Labute approximate surface area is 185 Å². The first-order valence-electron chi connectivity index (χ1n) is 8.28. The molecular formula is C20H11Cl4N3O2. The number of carbonyl (C=O) groups excluding carboxylic acids is 1. The molecule has 29 heavy (non-hydrogen) atoms. The van der Waals surface area contributed by atoms with E-state index in [1.807, 2.05) is 0 Å². The number of aromatic amines is 1. The van der Waals surface area contributed by atoms with Crippen molar-refractivity contribution in [1.29, 1.82) is 0 Å². The molecule has 5 nitrogen and oxygen atoms in total. The second-order valence-electron chi connectivity index (χ2n) is 6.03. The van der Waals surface area contributed by atoms with E-state index in [0.717, 1.165) is 0 Å². The van der Waals surface area contributed by atoms with E-state index in [-0.39, 0.29) is 0 Å². The molecular weight excluding hydrogens is 456 g/mol. The van der Waals surface area contributed by atoms with Gasteiger partial charge in [0.05, 0.1) is 26.6 Å². The molecule has 4 aromatic rings. The van der Waals surface area contributed by atoms with Gasteiger partial charge in [0, 0.05) is 21.8 Å². The quantitative estimate of drug-likeness (QED) is 0.329. The minimum Gasteiger partial charge on any atom is -0.410 e. The Morgan fingerprint density at radius 3 is 2.31 bits per heavy atom. The number of H-pyrrole nitrogens is 1. The molecule has 146 valence electrons. The van der Waals surface area contributed by atoms with Gasteiger partial charge in [0.2, 0.25) is 0 Å². The van der Waals surface area contributed by atoms with Crippen molar-refractivity contribution >= 4 is 69.2 Å². The number of amides is 1. The second-order valence-corrected chi connectivity index (χ2v) is 7.72. The Bertz CT molecular complexity index is 1200. The highest BCUT2D eigenvalue weighted by molar-refractivity contribution is 6.39. The fraction of sp³-hybridized carbons (Fsp3) is 0. The van der Waals surface area contributed by atoms with Crippen LogP contribution in [-0.2, 0) is 0 Å². The van der Waals surface area contributed by atoms with Crippen LogP contribution in [0.4, 0.5) is 10.5 Å². The van der Waals surface area contributed by atoms with Crippen LogP contribution in [0.1, 0.15) is 0 Å². The van der Waals surface area contributed by atoms with Crippen LogP contribution in [-0.4, -0.2) is 16.1 Å². The predicted molar refractivity (Wildman–Crippen MR) is 118 cm³/mol. The number of hydrogen-bond donors (Lipinski definition) is 2. The molecule has 4 rings (SSSR count). The van der Waals surface area contributed by atoms with Gasteiger partial charge in [0.1, 0.15) is 11.6 Å². The van der Waals surface area contributed by atoms with E-state index in [9.17, 15) is 4.79 Å². The van der Waals surface area contributed by atoms with Gasteiger partial charge in [0.15, 0.2) is 0 Å². The summed E-state index contributed by atoms with van der Waals surface area (Å²) in [5.74, 6) is 0.842. The minimum absolute atomic E-state index is 0.323. The van der Waals surface area contributed by atoms with E-state index in [1.165, 1.54) is 0 Å². The van der Waals surface area contributed by atoms with E-state index in [4.69, 9.17) is 51.1 Å². The molecule has 3 aromatic carbocycles. The maximum Gasteiger partial charge on any atom is 0.417 e. The number of anilines is 1. The van der Waals surface area contributed by atoms with Gasteiger partial charge in [-0.15, -0.1) is 0 Å². The average molecular weight is 467 g/mol. The van der Waals surface area contributed by atoms with E-state index in [2.05, 4.69) is 15.3 Å². The molecule has 0 unspecified atom stereocenters. The van der Waals surface area contributed by atoms with Crippen LogP contribution in [0.25, 0.3) is 22.4 Å².